The highest BCUT2D eigenvalue weighted by Gasteiger charge is 2.71. The van der Waals surface area contributed by atoms with Crippen LogP contribution in [-0.4, -0.2) is 165 Å². The number of likely N-dealkylation sites (tertiary alicyclic amines) is 2. The third-order valence-corrected chi connectivity index (χ3v) is 28.9. The van der Waals surface area contributed by atoms with Gasteiger partial charge in [0, 0.05) is 111 Å². The predicted molar refractivity (Wildman–Crippen MR) is 412 cm³/mol. The molecular weight excluding hydrogens is 1430 g/mol. The number of aliphatic hydroxyl groups excluding tert-OH is 1. The molecule has 0 spiro atoms. The molecule has 1 N–H and O–H groups in total. The second-order valence-corrected chi connectivity index (χ2v) is 45.8. The largest absolute Gasteiger partial charge is 0.385 e. The van der Waals surface area contributed by atoms with Gasteiger partial charge in [-0.1, -0.05) is 186 Å². The number of nitrogens with zero attached hydrogens (tertiary/aromatic N) is 4. The lowest BCUT2D eigenvalue weighted by Crippen LogP contribution is -2.51. The van der Waals surface area contributed by atoms with Crippen LogP contribution in [0, 0.1) is 91.7 Å². The van der Waals surface area contributed by atoms with Gasteiger partial charge in [-0.15, -0.1) is 0 Å². The van der Waals surface area contributed by atoms with Gasteiger partial charge in [0.15, 0.2) is 23.1 Å². The molecule has 0 aromatic heterocycles. The molecule has 2 heterocycles. The molecule has 18 nitrogen and oxygen atoms in total. The summed E-state index contributed by atoms with van der Waals surface area (Å²) in [5, 5.41) is 11.4. The Hall–Kier alpha value is -2.86. The van der Waals surface area contributed by atoms with Gasteiger partial charge in [0.2, 0.25) is 37.6 Å². The van der Waals surface area contributed by atoms with Crippen LogP contribution in [0.2, 0.25) is 0 Å². The SMILES string of the molecule is CCC(C)I.CN(C(C)(C)C)S(=O)(=O)CCCC(=O)C(=O)C(CC(=O)[C@@H]1C2C(CN1C(=O)[C@@H](CC(=O)CC(C)(C)C)C(C)(C)C)C2(C)C)CC1CCC1.CN(C(C)(C)C)S(=O)(=O)CCCC(=O)C(O)C(CC(=O)[C@@H]1C2C(CN1C(=O)[C@@H](CC(=O)CC(C)(C)C)C(C)(C)C)C2(C)C)CC1CCC1. The predicted octanol–water partition coefficient (Wildman–Crippen LogP) is 14.6. The lowest BCUT2D eigenvalue weighted by atomic mass is 9.74. The topological polar surface area (TPSA) is 255 Å². The van der Waals surface area contributed by atoms with E-state index in [1.165, 1.54) is 29.1 Å². The molecular formula is C80H139IN4O14S2. The number of carbonyl (C=O) groups excluding carboxylic acids is 9. The molecule has 582 valence electrons. The van der Waals surface area contributed by atoms with E-state index in [4.69, 9.17) is 0 Å². The van der Waals surface area contributed by atoms with Crippen LogP contribution in [0.15, 0.2) is 0 Å². The van der Waals surface area contributed by atoms with Crippen LogP contribution in [-0.2, 0) is 63.2 Å². The van der Waals surface area contributed by atoms with E-state index < -0.39 is 101 Å². The number of hydrogen-bond acceptors (Lipinski definition) is 14. The van der Waals surface area contributed by atoms with Crippen LogP contribution in [0.3, 0.4) is 0 Å². The first kappa shape index (κ1) is 90.5. The van der Waals surface area contributed by atoms with Crippen LogP contribution in [0.25, 0.3) is 0 Å². The molecule has 0 bridgehead atoms. The van der Waals surface area contributed by atoms with E-state index in [1.807, 2.05) is 83.1 Å². The molecule has 101 heavy (non-hydrogen) atoms. The third-order valence-electron chi connectivity index (χ3n) is 23.6. The summed E-state index contributed by atoms with van der Waals surface area (Å²) < 4.78 is 54.6. The molecule has 0 aromatic carbocycles. The van der Waals surface area contributed by atoms with E-state index >= 15 is 0 Å². The maximum Gasteiger partial charge on any atom is 0.227 e. The summed E-state index contributed by atoms with van der Waals surface area (Å²) in [5.41, 5.74) is -2.77. The van der Waals surface area contributed by atoms with Crippen LogP contribution in [0.4, 0.5) is 0 Å². The Kier molecular flexibility index (Phi) is 31.0. The Bertz CT molecular complexity index is 3160. The average Bonchev–Trinajstić information content (AvgIpc) is 1.53. The fourth-order valence-electron chi connectivity index (χ4n) is 15.8. The Morgan fingerprint density at radius 3 is 1.21 bits per heavy atom. The zero-order valence-electron chi connectivity index (χ0n) is 67.6. The van der Waals surface area contributed by atoms with E-state index in [1.54, 1.807) is 51.3 Å². The Balaban J connectivity index is 0.000000401. The van der Waals surface area contributed by atoms with E-state index in [-0.39, 0.29) is 149 Å². The van der Waals surface area contributed by atoms with Crippen LogP contribution in [0.1, 0.15) is 288 Å². The third kappa shape index (κ3) is 25.1. The highest BCUT2D eigenvalue weighted by Crippen LogP contribution is 2.67. The molecule has 4 aliphatic carbocycles. The minimum absolute atomic E-state index is 0.00190. The number of halogens is 1. The van der Waals surface area contributed by atoms with E-state index in [0.29, 0.717) is 44.7 Å². The molecule has 6 rings (SSSR count). The summed E-state index contributed by atoms with van der Waals surface area (Å²) in [7, 11) is -4.14. The summed E-state index contributed by atoms with van der Waals surface area (Å²) in [6.07, 6.45) is 7.66. The first-order valence-electron chi connectivity index (χ1n) is 38.2. The van der Waals surface area contributed by atoms with Gasteiger partial charge in [0.05, 0.1) is 23.6 Å². The number of hydrogen-bond donors (Lipinski definition) is 1. The number of fused-ring (bicyclic) bond motifs is 2. The molecule has 0 radical (unpaired) electrons. The van der Waals surface area contributed by atoms with Crippen molar-refractivity contribution in [3.05, 3.63) is 0 Å². The summed E-state index contributed by atoms with van der Waals surface area (Å²) in [6, 6.07) is -1.34. The van der Waals surface area contributed by atoms with Crippen molar-refractivity contribution in [2.45, 2.75) is 321 Å². The van der Waals surface area contributed by atoms with Crippen molar-refractivity contribution in [1.82, 2.24) is 18.4 Å². The Morgan fingerprint density at radius 2 is 0.891 bits per heavy atom. The van der Waals surface area contributed by atoms with Crippen molar-refractivity contribution >= 4 is 94.9 Å². The van der Waals surface area contributed by atoms with Gasteiger partial charge in [0.25, 0.3) is 0 Å². The van der Waals surface area contributed by atoms with Crippen molar-refractivity contribution in [3.63, 3.8) is 0 Å². The van der Waals surface area contributed by atoms with Crippen molar-refractivity contribution in [1.29, 1.82) is 0 Å². The molecule has 2 saturated heterocycles. The van der Waals surface area contributed by atoms with E-state index in [9.17, 15) is 65.1 Å². The van der Waals surface area contributed by atoms with Crippen molar-refractivity contribution < 1.29 is 65.1 Å². The molecule has 6 aliphatic rings. The zero-order valence-corrected chi connectivity index (χ0v) is 71.4. The highest BCUT2D eigenvalue weighted by molar-refractivity contribution is 14.1. The number of amides is 2. The quantitative estimate of drug-likeness (QED) is 0.0364. The van der Waals surface area contributed by atoms with Gasteiger partial charge in [-0.25, -0.2) is 16.8 Å². The zero-order chi connectivity index (χ0) is 77.9. The Labute approximate surface area is 626 Å². The lowest BCUT2D eigenvalue weighted by Gasteiger charge is -2.38. The summed E-state index contributed by atoms with van der Waals surface area (Å²) in [6.45, 7) is 48.5. The minimum Gasteiger partial charge on any atom is -0.385 e. The molecule has 6 fully saturated rings. The molecule has 2 amide bonds. The van der Waals surface area contributed by atoms with Gasteiger partial charge in [-0.05, 0) is 148 Å². The highest BCUT2D eigenvalue weighted by atomic mass is 127. The smallest absolute Gasteiger partial charge is 0.227 e. The van der Waals surface area contributed by atoms with Crippen LogP contribution >= 0.6 is 22.6 Å². The number of alkyl halides is 1. The summed E-state index contributed by atoms with van der Waals surface area (Å²) in [4.78, 5) is 127. The maximum atomic E-state index is 14.3. The molecule has 0 aromatic rings. The molecule has 8 unspecified atom stereocenters. The van der Waals surface area contributed by atoms with Gasteiger partial charge >= 0.3 is 0 Å². The second-order valence-electron chi connectivity index (χ2n) is 39.4. The summed E-state index contributed by atoms with van der Waals surface area (Å²) >= 11 is 2.41. The number of Topliss-reactive ketones (excluding diaryl/α,β-unsaturated/α-hetero) is 7. The first-order chi connectivity index (χ1) is 45.6. The minimum atomic E-state index is -3.61. The van der Waals surface area contributed by atoms with Crippen molar-refractivity contribution in [2.24, 2.45) is 91.7 Å². The van der Waals surface area contributed by atoms with Crippen LogP contribution < -0.4 is 0 Å². The van der Waals surface area contributed by atoms with Gasteiger partial charge in [-0.2, -0.15) is 8.61 Å². The Morgan fingerprint density at radius 1 is 0.545 bits per heavy atom. The number of rotatable bonds is 33. The molecule has 4 saturated carbocycles. The summed E-state index contributed by atoms with van der Waals surface area (Å²) in [5.74, 6) is -4.25. The molecule has 21 heteroatoms. The van der Waals surface area contributed by atoms with E-state index in [0.717, 1.165) is 42.4 Å². The van der Waals surface area contributed by atoms with Crippen LogP contribution in [0.5, 0.6) is 0 Å². The molecule has 2 aliphatic heterocycles. The molecule has 12 atom stereocenters. The monoisotopic (exact) mass is 1570 g/mol. The van der Waals surface area contributed by atoms with Gasteiger partial charge in [-0.3, -0.25) is 43.2 Å². The normalized spacial score (nSPS) is 24.0. The number of aliphatic hydroxyl groups is 1. The van der Waals surface area contributed by atoms with Crippen molar-refractivity contribution in [2.75, 3.05) is 38.7 Å². The first-order valence-corrected chi connectivity index (χ1v) is 42.6. The number of carbonyl (C=O) groups is 9. The standard InChI is InChI=1S/C38H66N2O7S.C38H64N2O7S.C4H9I/c2*1-35(2,3)22-26(41)21-27(36(4,5)6)34(45)40-23-28-31(38(28,10)11)32(40)30(43)20-25(19-24-15-13-16-24)33(44)29(42)17-14-18-48(46,47)39(12)37(7,8)9;1-3-4(2)5/h24-25,27-28,31-33,44H,13-23H2,1-12H3;24-25,27-28,31-32H,13-23H2,1-12H3;4H,3H2,1-2H3/t25?,27-,28?,31?,32-,33?;25?,27-,28?,31?,32-;/m11./s1. The second kappa shape index (κ2) is 34.6. The number of ketones is 7. The average molecular weight is 1570 g/mol. The fourth-order valence-corrected chi connectivity index (χ4v) is 19.1. The fraction of sp³-hybridized carbons (Fsp3) is 0.887. The van der Waals surface area contributed by atoms with Gasteiger partial charge in [0.1, 0.15) is 17.7 Å². The van der Waals surface area contributed by atoms with Gasteiger partial charge < -0.3 is 14.9 Å². The number of piperidine rings is 2. The lowest BCUT2D eigenvalue weighted by molar-refractivity contribution is -0.148. The number of sulfonamides is 2. The van der Waals surface area contributed by atoms with Crippen molar-refractivity contribution in [3.8, 4) is 0 Å². The van der Waals surface area contributed by atoms with E-state index in [2.05, 4.69) is 64.1 Å². The maximum absolute atomic E-state index is 14.3.